The molecule has 0 aliphatic rings. The van der Waals surface area contributed by atoms with Crippen LogP contribution in [-0.4, -0.2) is 24.3 Å². The molecule has 26 heavy (non-hydrogen) atoms. The smallest absolute Gasteiger partial charge is 0.242 e. The molecular weight excluding hydrogens is 364 g/mol. The van der Waals surface area contributed by atoms with E-state index in [-0.39, 0.29) is 36.3 Å². The minimum atomic E-state index is -3.65. The van der Waals surface area contributed by atoms with E-state index in [1.54, 1.807) is 12.1 Å². The van der Waals surface area contributed by atoms with Crippen molar-refractivity contribution < 1.29 is 21.7 Å². The zero-order valence-corrected chi connectivity index (χ0v) is 14.3. The number of rotatable bonds is 7. The van der Waals surface area contributed by atoms with Crippen molar-refractivity contribution in [3.05, 3.63) is 71.6 Å². The highest BCUT2D eigenvalue weighted by molar-refractivity contribution is 7.89. The third-order valence-corrected chi connectivity index (χ3v) is 4.94. The van der Waals surface area contributed by atoms with Crippen molar-refractivity contribution in [3.8, 4) is 11.4 Å². The molecule has 2 aromatic carbocycles. The Hall–Kier alpha value is -2.65. The number of sulfonamides is 1. The van der Waals surface area contributed by atoms with E-state index in [1.807, 2.05) is 0 Å². The van der Waals surface area contributed by atoms with Crippen molar-refractivity contribution in [2.45, 2.75) is 13.0 Å². The minimum Gasteiger partial charge on any atom is -0.338 e. The first-order valence-electron chi connectivity index (χ1n) is 7.72. The van der Waals surface area contributed by atoms with Crippen LogP contribution in [0.3, 0.4) is 0 Å². The van der Waals surface area contributed by atoms with Crippen LogP contribution in [0.1, 0.15) is 11.5 Å². The molecule has 0 bridgehead atoms. The van der Waals surface area contributed by atoms with Gasteiger partial charge in [0.05, 0.1) is 12.3 Å². The molecule has 3 rings (SSSR count). The summed E-state index contributed by atoms with van der Waals surface area (Å²) in [5, 5.41) is 3.73. The summed E-state index contributed by atoms with van der Waals surface area (Å²) in [5.41, 5.74) is 0.873. The largest absolute Gasteiger partial charge is 0.338 e. The van der Waals surface area contributed by atoms with Gasteiger partial charge < -0.3 is 4.52 Å². The predicted molar refractivity (Wildman–Crippen MR) is 90.4 cm³/mol. The van der Waals surface area contributed by atoms with Gasteiger partial charge in [-0.2, -0.15) is 4.98 Å². The van der Waals surface area contributed by atoms with Gasteiger partial charge in [-0.3, -0.25) is 0 Å². The monoisotopic (exact) mass is 379 g/mol. The molecule has 3 aromatic rings. The number of halogens is 2. The van der Waals surface area contributed by atoms with Gasteiger partial charge in [0.1, 0.15) is 11.6 Å². The Morgan fingerprint density at radius 3 is 2.50 bits per heavy atom. The fourth-order valence-corrected chi connectivity index (χ4v) is 3.21. The van der Waals surface area contributed by atoms with Gasteiger partial charge in [0.25, 0.3) is 0 Å². The second-order valence-electron chi connectivity index (χ2n) is 5.50. The summed E-state index contributed by atoms with van der Waals surface area (Å²) in [7, 11) is -3.65. The molecule has 1 aromatic heterocycles. The second-order valence-corrected chi connectivity index (χ2v) is 7.43. The lowest BCUT2D eigenvalue weighted by Gasteiger charge is -2.05. The Kier molecular flexibility index (Phi) is 5.38. The first kappa shape index (κ1) is 18.2. The molecule has 6 nitrogen and oxygen atoms in total. The number of aromatic nitrogens is 2. The van der Waals surface area contributed by atoms with E-state index in [0.29, 0.717) is 11.1 Å². The Morgan fingerprint density at radius 2 is 1.77 bits per heavy atom. The number of hydrogen-bond acceptors (Lipinski definition) is 5. The quantitative estimate of drug-likeness (QED) is 0.682. The summed E-state index contributed by atoms with van der Waals surface area (Å²) in [6.45, 7) is -0.187. The molecule has 0 saturated carbocycles. The van der Waals surface area contributed by atoms with E-state index in [9.17, 15) is 17.2 Å². The molecular formula is C17H15F2N3O3S. The SMILES string of the molecule is O=S(=O)(CCc1ccccc1F)NCc1nc(-c2ccc(F)cc2)no1. The highest BCUT2D eigenvalue weighted by Gasteiger charge is 2.15. The van der Waals surface area contributed by atoms with Gasteiger partial charge in [-0.25, -0.2) is 21.9 Å². The van der Waals surface area contributed by atoms with Gasteiger partial charge in [-0.1, -0.05) is 23.4 Å². The second kappa shape index (κ2) is 7.71. The lowest BCUT2D eigenvalue weighted by atomic mass is 10.2. The highest BCUT2D eigenvalue weighted by Crippen LogP contribution is 2.16. The van der Waals surface area contributed by atoms with Crippen LogP contribution < -0.4 is 4.72 Å². The zero-order chi connectivity index (χ0) is 18.6. The van der Waals surface area contributed by atoms with E-state index in [4.69, 9.17) is 4.52 Å². The van der Waals surface area contributed by atoms with Crippen LogP contribution >= 0.6 is 0 Å². The van der Waals surface area contributed by atoms with E-state index in [1.165, 1.54) is 36.4 Å². The number of aryl methyl sites for hydroxylation is 1. The molecule has 0 aliphatic carbocycles. The maximum atomic E-state index is 13.5. The van der Waals surface area contributed by atoms with Crippen molar-refractivity contribution >= 4 is 10.0 Å². The van der Waals surface area contributed by atoms with Gasteiger partial charge >= 0.3 is 0 Å². The predicted octanol–water partition coefficient (Wildman–Crippen LogP) is 2.68. The fourth-order valence-electron chi connectivity index (χ4n) is 2.23. The summed E-state index contributed by atoms with van der Waals surface area (Å²) < 4.78 is 57.8. The molecule has 0 saturated heterocycles. The molecule has 1 heterocycles. The van der Waals surface area contributed by atoms with Crippen LogP contribution in [0, 0.1) is 11.6 Å². The van der Waals surface area contributed by atoms with Crippen LogP contribution in [0.25, 0.3) is 11.4 Å². The van der Waals surface area contributed by atoms with Crippen molar-refractivity contribution in [2.75, 3.05) is 5.75 Å². The van der Waals surface area contributed by atoms with E-state index in [0.717, 1.165) is 0 Å². The lowest BCUT2D eigenvalue weighted by Crippen LogP contribution is -2.27. The summed E-state index contributed by atoms with van der Waals surface area (Å²) in [6, 6.07) is 11.5. The maximum absolute atomic E-state index is 13.5. The van der Waals surface area contributed by atoms with Crippen LogP contribution in [0.15, 0.2) is 53.1 Å². The standard InChI is InChI=1S/C17H15F2N3O3S/c18-14-7-5-13(6-8-14)17-21-16(25-22-17)11-20-26(23,24)10-9-12-3-1-2-4-15(12)19/h1-8,20H,9-11H2. The third kappa shape index (κ3) is 4.70. The molecule has 0 radical (unpaired) electrons. The van der Waals surface area contributed by atoms with Crippen molar-refractivity contribution in [2.24, 2.45) is 0 Å². The molecule has 0 aliphatic heterocycles. The van der Waals surface area contributed by atoms with Gasteiger partial charge in [0.15, 0.2) is 0 Å². The Morgan fingerprint density at radius 1 is 1.04 bits per heavy atom. The molecule has 0 fully saturated rings. The van der Waals surface area contributed by atoms with Crippen molar-refractivity contribution in [3.63, 3.8) is 0 Å². The lowest BCUT2D eigenvalue weighted by molar-refractivity contribution is 0.376. The van der Waals surface area contributed by atoms with Crippen LogP contribution in [0.4, 0.5) is 8.78 Å². The van der Waals surface area contributed by atoms with E-state index >= 15 is 0 Å². The van der Waals surface area contributed by atoms with Crippen molar-refractivity contribution in [1.82, 2.24) is 14.9 Å². The molecule has 0 atom stereocenters. The number of hydrogen-bond donors (Lipinski definition) is 1. The molecule has 9 heteroatoms. The van der Waals surface area contributed by atoms with Crippen molar-refractivity contribution in [1.29, 1.82) is 0 Å². The van der Waals surface area contributed by atoms with Gasteiger partial charge in [0.2, 0.25) is 21.7 Å². The van der Waals surface area contributed by atoms with Gasteiger partial charge in [-0.15, -0.1) is 0 Å². The Labute approximate surface area is 148 Å². The summed E-state index contributed by atoms with van der Waals surface area (Å²) in [5.74, 6) is -0.805. The summed E-state index contributed by atoms with van der Waals surface area (Å²) in [4.78, 5) is 4.06. The number of nitrogens with one attached hydrogen (secondary N) is 1. The summed E-state index contributed by atoms with van der Waals surface area (Å²) in [6.07, 6.45) is 0.0483. The molecule has 1 N–H and O–H groups in total. The minimum absolute atomic E-state index is 0.0483. The normalized spacial score (nSPS) is 11.6. The van der Waals surface area contributed by atoms with Gasteiger partial charge in [0, 0.05) is 5.56 Å². The topological polar surface area (TPSA) is 85.1 Å². The third-order valence-electron chi connectivity index (χ3n) is 3.61. The highest BCUT2D eigenvalue weighted by atomic mass is 32.2. The number of benzene rings is 2. The fraction of sp³-hybridized carbons (Fsp3) is 0.176. The van der Waals surface area contributed by atoms with Crippen LogP contribution in [0.2, 0.25) is 0 Å². The zero-order valence-electron chi connectivity index (χ0n) is 13.5. The summed E-state index contributed by atoms with van der Waals surface area (Å²) >= 11 is 0. The molecule has 0 unspecified atom stereocenters. The molecule has 0 spiro atoms. The van der Waals surface area contributed by atoms with Crippen LogP contribution in [-0.2, 0) is 23.0 Å². The molecule has 136 valence electrons. The maximum Gasteiger partial charge on any atom is 0.242 e. The average molecular weight is 379 g/mol. The van der Waals surface area contributed by atoms with E-state index < -0.39 is 15.8 Å². The van der Waals surface area contributed by atoms with E-state index in [2.05, 4.69) is 14.9 Å². The van der Waals surface area contributed by atoms with Crippen LogP contribution in [0.5, 0.6) is 0 Å². The Balaban J connectivity index is 1.58. The first-order valence-corrected chi connectivity index (χ1v) is 9.37. The van der Waals surface area contributed by atoms with Gasteiger partial charge in [-0.05, 0) is 42.3 Å². The number of nitrogens with zero attached hydrogens (tertiary/aromatic N) is 2. The Bertz CT molecular complexity index is 988. The molecule has 0 amide bonds. The first-order chi connectivity index (χ1) is 12.4. The average Bonchev–Trinajstić information content (AvgIpc) is 3.09.